The third kappa shape index (κ3) is 2.97. The number of nitrogens with zero attached hydrogens (tertiary/aromatic N) is 3. The minimum Gasteiger partial charge on any atom is -0.397 e. The summed E-state index contributed by atoms with van der Waals surface area (Å²) in [6.45, 7) is 5.86. The minimum atomic E-state index is 0.848. The summed E-state index contributed by atoms with van der Waals surface area (Å²) < 4.78 is 1.06. The second kappa shape index (κ2) is 5.93. The van der Waals surface area contributed by atoms with Gasteiger partial charge >= 0.3 is 0 Å². The minimum absolute atomic E-state index is 0.848. The van der Waals surface area contributed by atoms with Crippen LogP contribution in [0, 0.1) is 6.92 Å². The number of benzene rings is 1. The van der Waals surface area contributed by atoms with Gasteiger partial charge in [0.05, 0.1) is 15.8 Å². The lowest BCUT2D eigenvalue weighted by atomic mass is 10.2. The molecule has 0 atom stereocenters. The van der Waals surface area contributed by atoms with Crippen LogP contribution >= 0.6 is 15.9 Å². The van der Waals surface area contributed by atoms with E-state index >= 15 is 0 Å². The number of piperazine rings is 1. The number of nitrogens with two attached hydrogens (primary N) is 1. The first kappa shape index (κ1) is 14.2. The molecule has 5 heteroatoms. The monoisotopic (exact) mass is 346 g/mol. The van der Waals surface area contributed by atoms with Crippen LogP contribution in [0.5, 0.6) is 0 Å². The molecule has 1 aliphatic rings. The van der Waals surface area contributed by atoms with Crippen molar-refractivity contribution in [2.24, 2.45) is 0 Å². The Kier molecular flexibility index (Phi) is 4.01. The van der Waals surface area contributed by atoms with Gasteiger partial charge in [-0.15, -0.1) is 0 Å². The van der Waals surface area contributed by atoms with Crippen LogP contribution in [0.3, 0.4) is 0 Å². The number of rotatable bonds is 2. The molecule has 0 saturated carbocycles. The molecule has 2 heterocycles. The largest absolute Gasteiger partial charge is 0.397 e. The molecule has 0 spiro atoms. The van der Waals surface area contributed by atoms with Gasteiger partial charge in [0.25, 0.3) is 0 Å². The van der Waals surface area contributed by atoms with Gasteiger partial charge in [0, 0.05) is 32.4 Å². The third-order valence-electron chi connectivity index (χ3n) is 3.82. The summed E-state index contributed by atoms with van der Waals surface area (Å²) in [5, 5.41) is 0. The zero-order chi connectivity index (χ0) is 14.8. The van der Waals surface area contributed by atoms with E-state index in [2.05, 4.69) is 49.8 Å². The summed E-state index contributed by atoms with van der Waals surface area (Å²) in [4.78, 5) is 9.21. The fraction of sp³-hybridized carbons (Fsp3) is 0.312. The van der Waals surface area contributed by atoms with E-state index in [9.17, 15) is 0 Å². The SMILES string of the molecule is Cc1cnc(N2CCN(c3ccccc3N)CC2)c(Br)c1. The summed E-state index contributed by atoms with van der Waals surface area (Å²) in [6.07, 6.45) is 1.92. The standard InChI is InChI=1S/C16H19BrN4/c1-12-10-13(17)16(19-11-12)21-8-6-20(7-9-21)15-5-3-2-4-14(15)18/h2-5,10-11H,6-9,18H2,1H3. The Morgan fingerprint density at radius 1 is 1.10 bits per heavy atom. The van der Waals surface area contributed by atoms with E-state index in [1.807, 2.05) is 24.4 Å². The average Bonchev–Trinajstić information content (AvgIpc) is 2.48. The zero-order valence-corrected chi connectivity index (χ0v) is 13.7. The molecule has 1 saturated heterocycles. The fourth-order valence-corrected chi connectivity index (χ4v) is 3.41. The lowest BCUT2D eigenvalue weighted by Crippen LogP contribution is -2.47. The molecule has 0 amide bonds. The lowest BCUT2D eigenvalue weighted by Gasteiger charge is -2.37. The smallest absolute Gasteiger partial charge is 0.142 e. The Balaban J connectivity index is 1.72. The first-order valence-electron chi connectivity index (χ1n) is 7.11. The molecule has 21 heavy (non-hydrogen) atoms. The number of halogens is 1. The summed E-state index contributed by atoms with van der Waals surface area (Å²) in [5.41, 5.74) is 9.21. The van der Waals surface area contributed by atoms with Crippen molar-refractivity contribution in [1.82, 2.24) is 4.98 Å². The molecular weight excluding hydrogens is 328 g/mol. The highest BCUT2D eigenvalue weighted by Gasteiger charge is 2.20. The van der Waals surface area contributed by atoms with E-state index in [1.54, 1.807) is 0 Å². The molecule has 110 valence electrons. The zero-order valence-electron chi connectivity index (χ0n) is 12.1. The Bertz CT molecular complexity index is 636. The molecule has 3 rings (SSSR count). The van der Waals surface area contributed by atoms with Gasteiger partial charge in [0.1, 0.15) is 5.82 Å². The number of nitrogen functional groups attached to an aromatic ring is 1. The number of aromatic nitrogens is 1. The predicted molar refractivity (Wildman–Crippen MR) is 92.0 cm³/mol. The van der Waals surface area contributed by atoms with Crippen molar-refractivity contribution < 1.29 is 0 Å². The molecule has 1 fully saturated rings. The third-order valence-corrected chi connectivity index (χ3v) is 4.40. The molecule has 4 nitrogen and oxygen atoms in total. The summed E-state index contributed by atoms with van der Waals surface area (Å²) >= 11 is 3.62. The van der Waals surface area contributed by atoms with Gasteiger partial charge in [-0.25, -0.2) is 4.98 Å². The molecule has 1 aliphatic heterocycles. The van der Waals surface area contributed by atoms with Gasteiger partial charge in [0.2, 0.25) is 0 Å². The Hall–Kier alpha value is -1.75. The molecular formula is C16H19BrN4. The Morgan fingerprint density at radius 2 is 1.76 bits per heavy atom. The lowest BCUT2D eigenvalue weighted by molar-refractivity contribution is 0.647. The fourth-order valence-electron chi connectivity index (χ4n) is 2.69. The normalized spacial score (nSPS) is 15.3. The quantitative estimate of drug-likeness (QED) is 0.849. The number of aryl methyl sites for hydroxylation is 1. The molecule has 1 aromatic carbocycles. The summed E-state index contributed by atoms with van der Waals surface area (Å²) in [5.74, 6) is 1.03. The van der Waals surface area contributed by atoms with Crippen LogP contribution in [-0.4, -0.2) is 31.2 Å². The van der Waals surface area contributed by atoms with E-state index in [1.165, 1.54) is 5.56 Å². The molecule has 1 aromatic heterocycles. The van der Waals surface area contributed by atoms with E-state index < -0.39 is 0 Å². The number of para-hydroxylation sites is 2. The second-order valence-electron chi connectivity index (χ2n) is 5.35. The van der Waals surface area contributed by atoms with E-state index in [4.69, 9.17) is 5.73 Å². The summed E-state index contributed by atoms with van der Waals surface area (Å²) in [7, 11) is 0. The van der Waals surface area contributed by atoms with Crippen LogP contribution in [0.2, 0.25) is 0 Å². The van der Waals surface area contributed by atoms with Crippen LogP contribution < -0.4 is 15.5 Å². The maximum atomic E-state index is 6.06. The molecule has 2 aromatic rings. The number of hydrogen-bond donors (Lipinski definition) is 1. The van der Waals surface area contributed by atoms with Crippen molar-refractivity contribution in [3.8, 4) is 0 Å². The average molecular weight is 347 g/mol. The maximum absolute atomic E-state index is 6.06. The molecule has 0 radical (unpaired) electrons. The molecule has 0 unspecified atom stereocenters. The number of pyridine rings is 1. The van der Waals surface area contributed by atoms with Crippen molar-refractivity contribution in [3.05, 3.63) is 46.6 Å². The predicted octanol–water partition coefficient (Wildman–Crippen LogP) is 3.06. The van der Waals surface area contributed by atoms with E-state index in [0.29, 0.717) is 0 Å². The molecule has 2 N–H and O–H groups in total. The van der Waals surface area contributed by atoms with Gasteiger partial charge in [-0.05, 0) is 46.6 Å². The van der Waals surface area contributed by atoms with Crippen LogP contribution in [0.4, 0.5) is 17.2 Å². The molecule has 0 bridgehead atoms. The Morgan fingerprint density at radius 3 is 2.43 bits per heavy atom. The second-order valence-corrected chi connectivity index (χ2v) is 6.21. The Labute approximate surface area is 133 Å². The van der Waals surface area contributed by atoms with E-state index in [-0.39, 0.29) is 0 Å². The first-order chi connectivity index (χ1) is 10.1. The highest BCUT2D eigenvalue weighted by molar-refractivity contribution is 9.10. The van der Waals surface area contributed by atoms with Crippen molar-refractivity contribution in [3.63, 3.8) is 0 Å². The highest BCUT2D eigenvalue weighted by atomic mass is 79.9. The van der Waals surface area contributed by atoms with Gasteiger partial charge in [-0.1, -0.05) is 12.1 Å². The topological polar surface area (TPSA) is 45.4 Å². The number of hydrogen-bond acceptors (Lipinski definition) is 4. The summed E-state index contributed by atoms with van der Waals surface area (Å²) in [6, 6.07) is 10.2. The van der Waals surface area contributed by atoms with Crippen LogP contribution in [0.15, 0.2) is 41.0 Å². The van der Waals surface area contributed by atoms with Crippen molar-refractivity contribution in [2.75, 3.05) is 41.7 Å². The van der Waals surface area contributed by atoms with Gasteiger partial charge in [0.15, 0.2) is 0 Å². The van der Waals surface area contributed by atoms with Crippen LogP contribution in [0.25, 0.3) is 0 Å². The van der Waals surface area contributed by atoms with Crippen LogP contribution in [-0.2, 0) is 0 Å². The maximum Gasteiger partial charge on any atom is 0.142 e. The van der Waals surface area contributed by atoms with Crippen LogP contribution in [0.1, 0.15) is 5.56 Å². The highest BCUT2D eigenvalue weighted by Crippen LogP contribution is 2.28. The van der Waals surface area contributed by atoms with Crippen molar-refractivity contribution in [1.29, 1.82) is 0 Å². The van der Waals surface area contributed by atoms with E-state index in [0.717, 1.165) is 47.8 Å². The van der Waals surface area contributed by atoms with Gasteiger partial charge < -0.3 is 15.5 Å². The number of anilines is 3. The first-order valence-corrected chi connectivity index (χ1v) is 7.91. The van der Waals surface area contributed by atoms with Gasteiger partial charge in [-0.3, -0.25) is 0 Å². The van der Waals surface area contributed by atoms with Crippen molar-refractivity contribution in [2.45, 2.75) is 6.92 Å². The van der Waals surface area contributed by atoms with Gasteiger partial charge in [-0.2, -0.15) is 0 Å². The molecule has 0 aliphatic carbocycles. The van der Waals surface area contributed by atoms with Crippen molar-refractivity contribution >= 4 is 33.1 Å².